The first-order valence-electron chi connectivity index (χ1n) is 6.22. The van der Waals surface area contributed by atoms with Crippen molar-refractivity contribution in [2.75, 3.05) is 0 Å². The van der Waals surface area contributed by atoms with Gasteiger partial charge in [-0.2, -0.15) is 0 Å². The fraction of sp³-hybridized carbons (Fsp3) is 0.0667. The van der Waals surface area contributed by atoms with Gasteiger partial charge in [-0.1, -0.05) is 23.7 Å². The minimum absolute atomic E-state index is 0.148. The molecule has 0 bridgehead atoms. The van der Waals surface area contributed by atoms with E-state index in [1.807, 2.05) is 0 Å². The summed E-state index contributed by atoms with van der Waals surface area (Å²) >= 11 is 5.89. The van der Waals surface area contributed by atoms with Gasteiger partial charge in [0.1, 0.15) is 23.7 Å². The molecule has 1 aromatic carbocycles. The van der Waals surface area contributed by atoms with Gasteiger partial charge in [-0.05, 0) is 30.3 Å². The third kappa shape index (κ3) is 2.68. The first kappa shape index (κ1) is 13.5. The second-order valence-corrected chi connectivity index (χ2v) is 4.84. The van der Waals surface area contributed by atoms with Gasteiger partial charge in [0.25, 0.3) is 0 Å². The van der Waals surface area contributed by atoms with Gasteiger partial charge in [0.05, 0.1) is 11.9 Å². The normalized spacial score (nSPS) is 10.7. The molecule has 3 rings (SSSR count). The standard InChI is InChI=1S/C15H11ClN2O3/c16-10-3-1-4-12(7-10)21-9-11-8-17-14-6-2-5-13(15(19)20)18(11)14/h1-8H,9H2,(H,19,20). The Balaban J connectivity index is 1.92. The number of imidazole rings is 1. The predicted molar refractivity (Wildman–Crippen MR) is 77.9 cm³/mol. The van der Waals surface area contributed by atoms with E-state index in [-0.39, 0.29) is 12.3 Å². The van der Waals surface area contributed by atoms with E-state index in [9.17, 15) is 9.90 Å². The van der Waals surface area contributed by atoms with Crippen LogP contribution in [-0.2, 0) is 6.61 Å². The molecule has 0 spiro atoms. The van der Waals surface area contributed by atoms with Gasteiger partial charge in [0.2, 0.25) is 0 Å². The van der Waals surface area contributed by atoms with Crippen molar-refractivity contribution in [2.24, 2.45) is 0 Å². The predicted octanol–water partition coefficient (Wildman–Crippen LogP) is 3.26. The molecule has 0 saturated heterocycles. The molecule has 2 heterocycles. The number of nitrogens with zero attached hydrogens (tertiary/aromatic N) is 2. The van der Waals surface area contributed by atoms with Crippen LogP contribution < -0.4 is 4.74 Å². The Morgan fingerprint density at radius 3 is 2.86 bits per heavy atom. The molecule has 0 saturated carbocycles. The molecule has 1 N–H and O–H groups in total. The van der Waals surface area contributed by atoms with E-state index in [1.54, 1.807) is 47.0 Å². The summed E-state index contributed by atoms with van der Waals surface area (Å²) in [5.74, 6) is -0.395. The zero-order chi connectivity index (χ0) is 14.8. The number of fused-ring (bicyclic) bond motifs is 1. The molecule has 0 atom stereocenters. The van der Waals surface area contributed by atoms with Crippen LogP contribution >= 0.6 is 11.6 Å². The van der Waals surface area contributed by atoms with Gasteiger partial charge in [-0.25, -0.2) is 9.78 Å². The molecule has 106 valence electrons. The number of carboxylic acids is 1. The maximum atomic E-state index is 11.3. The van der Waals surface area contributed by atoms with Gasteiger partial charge in [-0.3, -0.25) is 4.40 Å². The van der Waals surface area contributed by atoms with Crippen molar-refractivity contribution in [3.8, 4) is 5.75 Å². The molecule has 0 unspecified atom stereocenters. The lowest BCUT2D eigenvalue weighted by molar-refractivity contribution is 0.0688. The number of aromatic nitrogens is 2. The van der Waals surface area contributed by atoms with Gasteiger partial charge in [0.15, 0.2) is 0 Å². The molecule has 0 aliphatic carbocycles. The topological polar surface area (TPSA) is 63.8 Å². The summed E-state index contributed by atoms with van der Waals surface area (Å²) < 4.78 is 7.20. The van der Waals surface area contributed by atoms with Crippen LogP contribution in [0.4, 0.5) is 0 Å². The first-order valence-corrected chi connectivity index (χ1v) is 6.60. The monoisotopic (exact) mass is 302 g/mol. The molecule has 2 aromatic heterocycles. The number of rotatable bonds is 4. The van der Waals surface area contributed by atoms with E-state index in [0.29, 0.717) is 22.1 Å². The maximum absolute atomic E-state index is 11.3. The number of hydrogen-bond acceptors (Lipinski definition) is 3. The number of aromatic carboxylic acids is 1. The average Bonchev–Trinajstić information content (AvgIpc) is 2.88. The van der Waals surface area contributed by atoms with Crippen LogP contribution in [0.25, 0.3) is 5.65 Å². The maximum Gasteiger partial charge on any atom is 0.352 e. The highest BCUT2D eigenvalue weighted by molar-refractivity contribution is 6.30. The highest BCUT2D eigenvalue weighted by Crippen LogP contribution is 2.19. The molecule has 6 heteroatoms. The van der Waals surface area contributed by atoms with Crippen LogP contribution in [0.1, 0.15) is 16.2 Å². The summed E-state index contributed by atoms with van der Waals surface area (Å²) in [5, 5.41) is 9.82. The van der Waals surface area contributed by atoms with E-state index in [1.165, 1.54) is 6.07 Å². The third-order valence-corrected chi connectivity index (χ3v) is 3.24. The summed E-state index contributed by atoms with van der Waals surface area (Å²) in [6.45, 7) is 0.200. The second-order valence-electron chi connectivity index (χ2n) is 4.41. The molecule has 21 heavy (non-hydrogen) atoms. The fourth-order valence-corrected chi connectivity index (χ4v) is 2.26. The lowest BCUT2D eigenvalue weighted by Crippen LogP contribution is -2.08. The highest BCUT2D eigenvalue weighted by Gasteiger charge is 2.12. The van der Waals surface area contributed by atoms with E-state index in [0.717, 1.165) is 0 Å². The lowest BCUT2D eigenvalue weighted by atomic mass is 10.3. The first-order chi connectivity index (χ1) is 10.1. The van der Waals surface area contributed by atoms with E-state index < -0.39 is 5.97 Å². The number of carbonyl (C=O) groups is 1. The number of halogens is 1. The Morgan fingerprint density at radius 1 is 1.29 bits per heavy atom. The van der Waals surface area contributed by atoms with Gasteiger partial charge in [-0.15, -0.1) is 0 Å². The van der Waals surface area contributed by atoms with Gasteiger partial charge in [0, 0.05) is 5.02 Å². The van der Waals surface area contributed by atoms with Gasteiger partial charge < -0.3 is 9.84 Å². The largest absolute Gasteiger partial charge is 0.487 e. The number of carboxylic acid groups (broad SMARTS) is 1. The summed E-state index contributed by atoms with van der Waals surface area (Å²) in [4.78, 5) is 15.5. The Labute approximate surface area is 125 Å². The number of ether oxygens (including phenoxy) is 1. The van der Waals surface area contributed by atoms with Crippen LogP contribution in [-0.4, -0.2) is 20.5 Å². The Bertz CT molecular complexity index is 814. The number of benzene rings is 1. The Kier molecular flexibility index (Phi) is 3.50. The SMILES string of the molecule is O=C(O)c1cccc2ncc(COc3cccc(Cl)c3)n12. The van der Waals surface area contributed by atoms with Crippen molar-refractivity contribution in [2.45, 2.75) is 6.61 Å². The summed E-state index contributed by atoms with van der Waals surface area (Å²) in [6.07, 6.45) is 1.60. The molecule has 5 nitrogen and oxygen atoms in total. The van der Waals surface area contributed by atoms with E-state index in [4.69, 9.17) is 16.3 Å². The summed E-state index contributed by atoms with van der Waals surface area (Å²) in [6, 6.07) is 12.0. The van der Waals surface area contributed by atoms with E-state index in [2.05, 4.69) is 4.98 Å². The second kappa shape index (κ2) is 5.46. The van der Waals surface area contributed by atoms with Crippen LogP contribution in [0.5, 0.6) is 5.75 Å². The minimum atomic E-state index is -1.01. The average molecular weight is 303 g/mol. The molecule has 0 fully saturated rings. The smallest absolute Gasteiger partial charge is 0.352 e. The quantitative estimate of drug-likeness (QED) is 0.803. The van der Waals surface area contributed by atoms with Crippen molar-refractivity contribution in [1.82, 2.24) is 9.38 Å². The van der Waals surface area contributed by atoms with Crippen LogP contribution in [0.3, 0.4) is 0 Å². The molecule has 0 aliphatic rings. The fourth-order valence-electron chi connectivity index (χ4n) is 2.08. The van der Waals surface area contributed by atoms with Crippen molar-refractivity contribution in [3.63, 3.8) is 0 Å². The number of pyridine rings is 1. The van der Waals surface area contributed by atoms with E-state index >= 15 is 0 Å². The highest BCUT2D eigenvalue weighted by atomic mass is 35.5. The minimum Gasteiger partial charge on any atom is -0.487 e. The Hall–Kier alpha value is -2.53. The zero-order valence-electron chi connectivity index (χ0n) is 10.9. The van der Waals surface area contributed by atoms with Crippen molar-refractivity contribution >= 4 is 23.2 Å². The molecular formula is C15H11ClN2O3. The number of hydrogen-bond donors (Lipinski definition) is 1. The van der Waals surface area contributed by atoms with Gasteiger partial charge >= 0.3 is 5.97 Å². The van der Waals surface area contributed by atoms with Crippen molar-refractivity contribution in [1.29, 1.82) is 0 Å². The molecule has 0 aliphatic heterocycles. The Morgan fingerprint density at radius 2 is 2.10 bits per heavy atom. The van der Waals surface area contributed by atoms with Crippen molar-refractivity contribution in [3.05, 3.63) is 65.1 Å². The molecule has 0 radical (unpaired) electrons. The molecular weight excluding hydrogens is 292 g/mol. The summed E-state index contributed by atoms with van der Waals surface area (Å²) in [5.41, 5.74) is 1.37. The van der Waals surface area contributed by atoms with Crippen LogP contribution in [0.2, 0.25) is 5.02 Å². The molecule has 3 aromatic rings. The van der Waals surface area contributed by atoms with Crippen LogP contribution in [0, 0.1) is 0 Å². The van der Waals surface area contributed by atoms with Crippen molar-refractivity contribution < 1.29 is 14.6 Å². The third-order valence-electron chi connectivity index (χ3n) is 3.00. The lowest BCUT2D eigenvalue weighted by Gasteiger charge is -2.08. The van der Waals surface area contributed by atoms with Crippen LogP contribution in [0.15, 0.2) is 48.7 Å². The molecule has 0 amide bonds. The summed E-state index contributed by atoms with van der Waals surface area (Å²) in [7, 11) is 0. The zero-order valence-corrected chi connectivity index (χ0v) is 11.6.